The lowest BCUT2D eigenvalue weighted by molar-refractivity contribution is -0.123. The summed E-state index contributed by atoms with van der Waals surface area (Å²) in [4.78, 5) is 13.9. The SMILES string of the molecule is O=C1CC2CCC(C1)N2CC1CCS(=O)(=O)C1. The Bertz CT molecular complexity index is 415. The molecule has 0 aliphatic carbocycles. The van der Waals surface area contributed by atoms with Crippen LogP contribution in [0.2, 0.25) is 0 Å². The van der Waals surface area contributed by atoms with Crippen LogP contribution in [-0.4, -0.2) is 49.2 Å². The van der Waals surface area contributed by atoms with Gasteiger partial charge in [-0.2, -0.15) is 0 Å². The number of carbonyl (C=O) groups excluding carboxylic acids is 1. The second kappa shape index (κ2) is 4.05. The van der Waals surface area contributed by atoms with Gasteiger partial charge in [0.25, 0.3) is 0 Å². The third-order valence-corrected chi connectivity index (χ3v) is 6.33. The van der Waals surface area contributed by atoms with Gasteiger partial charge in [-0.3, -0.25) is 9.69 Å². The first-order chi connectivity index (χ1) is 8.03. The molecule has 2 bridgehead atoms. The number of ketones is 1. The lowest BCUT2D eigenvalue weighted by Crippen LogP contribution is -2.45. The van der Waals surface area contributed by atoms with Crippen LogP contribution >= 0.6 is 0 Å². The predicted octanol–water partition coefficient (Wildman–Crippen LogP) is 0.617. The molecule has 0 aromatic heterocycles. The average molecular weight is 257 g/mol. The fourth-order valence-corrected chi connectivity index (χ4v) is 5.52. The smallest absolute Gasteiger partial charge is 0.150 e. The normalized spacial score (nSPS) is 40.9. The first-order valence-corrected chi connectivity index (χ1v) is 8.33. The van der Waals surface area contributed by atoms with Gasteiger partial charge in [0.05, 0.1) is 11.5 Å². The minimum atomic E-state index is -2.77. The van der Waals surface area contributed by atoms with E-state index in [-0.39, 0.29) is 0 Å². The molecule has 0 amide bonds. The van der Waals surface area contributed by atoms with Gasteiger partial charge in [0.1, 0.15) is 5.78 Å². The summed E-state index contributed by atoms with van der Waals surface area (Å²) in [5.74, 6) is 1.42. The van der Waals surface area contributed by atoms with Crippen molar-refractivity contribution in [3.05, 3.63) is 0 Å². The second-order valence-corrected chi connectivity index (χ2v) is 8.03. The number of sulfone groups is 1. The van der Waals surface area contributed by atoms with Gasteiger partial charge in [-0.1, -0.05) is 0 Å². The molecule has 0 aromatic rings. The monoisotopic (exact) mass is 257 g/mol. The standard InChI is InChI=1S/C12H19NO3S/c14-12-5-10-1-2-11(6-12)13(10)7-9-3-4-17(15,16)8-9/h9-11H,1-8H2. The number of hydrogen-bond acceptors (Lipinski definition) is 4. The summed E-state index contributed by atoms with van der Waals surface area (Å²) in [6, 6.07) is 0.814. The van der Waals surface area contributed by atoms with Crippen LogP contribution in [0.3, 0.4) is 0 Å². The van der Waals surface area contributed by atoms with Crippen molar-refractivity contribution in [2.45, 2.75) is 44.2 Å². The fraction of sp³-hybridized carbons (Fsp3) is 0.917. The lowest BCUT2D eigenvalue weighted by Gasteiger charge is -2.35. The first kappa shape index (κ1) is 11.7. The second-order valence-electron chi connectivity index (χ2n) is 5.80. The maximum absolute atomic E-state index is 11.5. The largest absolute Gasteiger partial charge is 0.300 e. The van der Waals surface area contributed by atoms with E-state index in [1.54, 1.807) is 0 Å². The Morgan fingerprint density at radius 3 is 2.29 bits per heavy atom. The Kier molecular flexibility index (Phi) is 2.78. The van der Waals surface area contributed by atoms with Gasteiger partial charge < -0.3 is 0 Å². The van der Waals surface area contributed by atoms with Crippen LogP contribution in [0.4, 0.5) is 0 Å². The van der Waals surface area contributed by atoms with E-state index in [0.29, 0.717) is 48.1 Å². The molecule has 0 aromatic carbocycles. The molecule has 3 saturated heterocycles. The number of carbonyl (C=O) groups is 1. The third kappa shape index (κ3) is 2.27. The van der Waals surface area contributed by atoms with E-state index in [4.69, 9.17) is 0 Å². The summed E-state index contributed by atoms with van der Waals surface area (Å²) in [6.07, 6.45) is 4.43. The highest BCUT2D eigenvalue weighted by molar-refractivity contribution is 7.91. The van der Waals surface area contributed by atoms with Gasteiger partial charge in [-0.05, 0) is 25.2 Å². The van der Waals surface area contributed by atoms with Crippen molar-refractivity contribution in [2.24, 2.45) is 5.92 Å². The zero-order chi connectivity index (χ0) is 12.0. The van der Waals surface area contributed by atoms with E-state index in [1.807, 2.05) is 0 Å². The summed E-state index contributed by atoms with van der Waals surface area (Å²) in [5.41, 5.74) is 0. The molecule has 3 rings (SSSR count). The average Bonchev–Trinajstić information content (AvgIpc) is 2.68. The summed E-state index contributed by atoms with van der Waals surface area (Å²) < 4.78 is 22.9. The lowest BCUT2D eigenvalue weighted by atomic mass is 9.99. The van der Waals surface area contributed by atoms with Crippen molar-refractivity contribution < 1.29 is 13.2 Å². The quantitative estimate of drug-likeness (QED) is 0.727. The number of fused-ring (bicyclic) bond motifs is 2. The molecular formula is C12H19NO3S. The highest BCUT2D eigenvalue weighted by Gasteiger charge is 2.42. The minimum Gasteiger partial charge on any atom is -0.300 e. The van der Waals surface area contributed by atoms with E-state index >= 15 is 0 Å². The van der Waals surface area contributed by atoms with Crippen molar-refractivity contribution in [1.29, 1.82) is 0 Å². The third-order valence-electron chi connectivity index (χ3n) is 4.49. The van der Waals surface area contributed by atoms with Crippen LogP contribution < -0.4 is 0 Å². The van der Waals surface area contributed by atoms with Crippen LogP contribution in [0.25, 0.3) is 0 Å². The minimum absolute atomic E-state index is 0.302. The molecule has 4 nitrogen and oxygen atoms in total. The summed E-state index contributed by atoms with van der Waals surface area (Å²) in [5, 5.41) is 0. The Morgan fingerprint density at radius 2 is 1.76 bits per heavy atom. The van der Waals surface area contributed by atoms with Gasteiger partial charge >= 0.3 is 0 Å². The van der Waals surface area contributed by atoms with Crippen LogP contribution in [0.15, 0.2) is 0 Å². The molecule has 3 fully saturated rings. The maximum atomic E-state index is 11.5. The van der Waals surface area contributed by atoms with Crippen LogP contribution in [-0.2, 0) is 14.6 Å². The highest BCUT2D eigenvalue weighted by atomic mass is 32.2. The molecule has 0 spiro atoms. The molecule has 17 heavy (non-hydrogen) atoms. The molecular weight excluding hydrogens is 238 g/mol. The van der Waals surface area contributed by atoms with Gasteiger partial charge in [0.15, 0.2) is 9.84 Å². The van der Waals surface area contributed by atoms with Crippen molar-refractivity contribution in [3.63, 3.8) is 0 Å². The van der Waals surface area contributed by atoms with Gasteiger partial charge in [0, 0.05) is 31.5 Å². The Morgan fingerprint density at radius 1 is 1.12 bits per heavy atom. The molecule has 3 aliphatic rings. The molecule has 0 N–H and O–H groups in total. The molecule has 5 heteroatoms. The zero-order valence-electron chi connectivity index (χ0n) is 9.97. The topological polar surface area (TPSA) is 54.5 Å². The number of piperidine rings is 1. The molecule has 3 aliphatic heterocycles. The van der Waals surface area contributed by atoms with Crippen LogP contribution in [0, 0.1) is 5.92 Å². The number of rotatable bonds is 2. The van der Waals surface area contributed by atoms with Crippen LogP contribution in [0.5, 0.6) is 0 Å². The van der Waals surface area contributed by atoms with Crippen molar-refractivity contribution in [2.75, 3.05) is 18.1 Å². The molecule has 0 saturated carbocycles. The van der Waals surface area contributed by atoms with E-state index in [2.05, 4.69) is 4.90 Å². The van der Waals surface area contributed by atoms with E-state index in [9.17, 15) is 13.2 Å². The molecule has 0 radical (unpaired) electrons. The van der Waals surface area contributed by atoms with Crippen LogP contribution in [0.1, 0.15) is 32.1 Å². The van der Waals surface area contributed by atoms with E-state index < -0.39 is 9.84 Å². The van der Waals surface area contributed by atoms with Gasteiger partial charge in [0.2, 0.25) is 0 Å². The van der Waals surface area contributed by atoms with E-state index in [0.717, 1.165) is 25.8 Å². The number of Topliss-reactive ketones (excluding diaryl/α,β-unsaturated/α-hetero) is 1. The number of hydrogen-bond donors (Lipinski definition) is 0. The number of nitrogens with zero attached hydrogens (tertiary/aromatic N) is 1. The summed E-state index contributed by atoms with van der Waals surface area (Å²) in [6.45, 7) is 0.891. The molecule has 3 unspecified atom stereocenters. The fourth-order valence-electron chi connectivity index (χ4n) is 3.67. The zero-order valence-corrected chi connectivity index (χ0v) is 10.8. The first-order valence-electron chi connectivity index (χ1n) is 6.51. The molecule has 3 heterocycles. The van der Waals surface area contributed by atoms with Crippen molar-refractivity contribution in [1.82, 2.24) is 4.90 Å². The van der Waals surface area contributed by atoms with Gasteiger partial charge in [-0.15, -0.1) is 0 Å². The van der Waals surface area contributed by atoms with Crippen molar-refractivity contribution in [3.8, 4) is 0 Å². The Hall–Kier alpha value is -0.420. The van der Waals surface area contributed by atoms with Gasteiger partial charge in [-0.25, -0.2) is 8.42 Å². The molecule has 3 atom stereocenters. The molecule has 96 valence electrons. The Labute approximate surface area is 102 Å². The highest BCUT2D eigenvalue weighted by Crippen LogP contribution is 2.35. The summed E-state index contributed by atoms with van der Waals surface area (Å²) in [7, 11) is -2.77. The maximum Gasteiger partial charge on any atom is 0.150 e. The summed E-state index contributed by atoms with van der Waals surface area (Å²) >= 11 is 0. The Balaban J connectivity index is 1.65. The van der Waals surface area contributed by atoms with E-state index in [1.165, 1.54) is 0 Å². The van der Waals surface area contributed by atoms with Crippen molar-refractivity contribution >= 4 is 15.6 Å². The predicted molar refractivity (Wildman–Crippen MR) is 64.5 cm³/mol.